The highest BCUT2D eigenvalue weighted by atomic mass is 35.5. The Hall–Kier alpha value is -0.730. The van der Waals surface area contributed by atoms with Gasteiger partial charge in [0.2, 0.25) is 0 Å². The molecule has 1 saturated carbocycles. The summed E-state index contributed by atoms with van der Waals surface area (Å²) in [5.41, 5.74) is 1.06. The zero-order valence-electron chi connectivity index (χ0n) is 11.2. The predicted molar refractivity (Wildman–Crippen MR) is 76.2 cm³/mol. The van der Waals surface area contributed by atoms with E-state index in [4.69, 9.17) is 16.3 Å². The summed E-state index contributed by atoms with van der Waals surface area (Å²) >= 11 is 6.21. The number of benzene rings is 1. The minimum atomic E-state index is 0.779. The molecule has 1 aromatic rings. The third-order valence-corrected chi connectivity index (χ3v) is 4.40. The SMILES string of the molecule is COc1cccc(Cl)c1CNCC1CCCC1C. The second kappa shape index (κ2) is 6.44. The van der Waals surface area contributed by atoms with Gasteiger partial charge in [-0.25, -0.2) is 0 Å². The number of methoxy groups -OCH3 is 1. The van der Waals surface area contributed by atoms with Gasteiger partial charge in [0.1, 0.15) is 5.75 Å². The van der Waals surface area contributed by atoms with Crippen LogP contribution >= 0.6 is 11.6 Å². The zero-order valence-corrected chi connectivity index (χ0v) is 12.0. The molecule has 3 heteroatoms. The molecule has 0 aliphatic heterocycles. The van der Waals surface area contributed by atoms with Crippen molar-refractivity contribution >= 4 is 11.6 Å². The maximum Gasteiger partial charge on any atom is 0.124 e. The van der Waals surface area contributed by atoms with Gasteiger partial charge in [0.25, 0.3) is 0 Å². The van der Waals surface area contributed by atoms with Crippen molar-refractivity contribution in [1.29, 1.82) is 0 Å². The Morgan fingerprint density at radius 2 is 2.22 bits per heavy atom. The molecule has 1 N–H and O–H groups in total. The van der Waals surface area contributed by atoms with E-state index in [1.165, 1.54) is 19.3 Å². The highest BCUT2D eigenvalue weighted by Crippen LogP contribution is 2.31. The van der Waals surface area contributed by atoms with E-state index in [9.17, 15) is 0 Å². The number of nitrogens with one attached hydrogen (secondary N) is 1. The molecule has 2 nitrogen and oxygen atoms in total. The monoisotopic (exact) mass is 267 g/mol. The van der Waals surface area contributed by atoms with Crippen LogP contribution in [0.15, 0.2) is 18.2 Å². The van der Waals surface area contributed by atoms with E-state index in [2.05, 4.69) is 12.2 Å². The van der Waals surface area contributed by atoms with Crippen molar-refractivity contribution in [3.05, 3.63) is 28.8 Å². The molecule has 2 unspecified atom stereocenters. The van der Waals surface area contributed by atoms with Crippen LogP contribution in [-0.2, 0) is 6.54 Å². The molecule has 0 radical (unpaired) electrons. The Labute approximate surface area is 115 Å². The summed E-state index contributed by atoms with van der Waals surface area (Å²) in [5, 5.41) is 4.30. The Kier molecular flexibility index (Phi) is 4.90. The summed E-state index contributed by atoms with van der Waals surface area (Å²) < 4.78 is 5.35. The van der Waals surface area contributed by atoms with Crippen LogP contribution in [0.5, 0.6) is 5.75 Å². The van der Waals surface area contributed by atoms with E-state index in [0.29, 0.717) is 0 Å². The Balaban J connectivity index is 1.90. The molecule has 0 bridgehead atoms. The lowest BCUT2D eigenvalue weighted by atomic mass is 9.98. The summed E-state index contributed by atoms with van der Waals surface area (Å²) in [6.07, 6.45) is 4.11. The molecule has 2 rings (SSSR count). The maximum atomic E-state index is 6.21. The fourth-order valence-corrected chi connectivity index (χ4v) is 3.04. The Morgan fingerprint density at radius 1 is 1.39 bits per heavy atom. The summed E-state index contributed by atoms with van der Waals surface area (Å²) in [6, 6.07) is 5.80. The van der Waals surface area contributed by atoms with Crippen molar-refractivity contribution in [3.8, 4) is 5.75 Å². The number of rotatable bonds is 5. The van der Waals surface area contributed by atoms with Gasteiger partial charge in [0.05, 0.1) is 7.11 Å². The average molecular weight is 268 g/mol. The molecular weight excluding hydrogens is 246 g/mol. The van der Waals surface area contributed by atoms with E-state index >= 15 is 0 Å². The second-order valence-electron chi connectivity index (χ2n) is 5.22. The van der Waals surface area contributed by atoms with Gasteiger partial charge in [0, 0.05) is 17.1 Å². The number of halogens is 1. The van der Waals surface area contributed by atoms with Gasteiger partial charge in [0.15, 0.2) is 0 Å². The van der Waals surface area contributed by atoms with E-state index in [-0.39, 0.29) is 0 Å². The molecule has 0 saturated heterocycles. The maximum absolute atomic E-state index is 6.21. The Bertz CT molecular complexity index is 394. The topological polar surface area (TPSA) is 21.3 Å². The predicted octanol–water partition coefficient (Wildman–Crippen LogP) is 3.87. The molecule has 100 valence electrons. The summed E-state index contributed by atoms with van der Waals surface area (Å²) in [7, 11) is 1.69. The first-order chi connectivity index (χ1) is 8.72. The van der Waals surface area contributed by atoms with Crippen LogP contribution in [0.1, 0.15) is 31.7 Å². The number of ether oxygens (including phenoxy) is 1. The van der Waals surface area contributed by atoms with Crippen LogP contribution in [0.25, 0.3) is 0 Å². The molecule has 0 heterocycles. The highest BCUT2D eigenvalue weighted by Gasteiger charge is 2.22. The van der Waals surface area contributed by atoms with Crippen molar-refractivity contribution in [2.75, 3.05) is 13.7 Å². The van der Waals surface area contributed by atoms with Crippen molar-refractivity contribution in [2.45, 2.75) is 32.7 Å². The van der Waals surface area contributed by atoms with Crippen LogP contribution in [-0.4, -0.2) is 13.7 Å². The van der Waals surface area contributed by atoms with Crippen molar-refractivity contribution in [1.82, 2.24) is 5.32 Å². The summed E-state index contributed by atoms with van der Waals surface area (Å²) in [4.78, 5) is 0. The van der Waals surface area contributed by atoms with Gasteiger partial charge in [-0.2, -0.15) is 0 Å². The minimum Gasteiger partial charge on any atom is -0.496 e. The van der Waals surface area contributed by atoms with Gasteiger partial charge >= 0.3 is 0 Å². The van der Waals surface area contributed by atoms with Gasteiger partial charge < -0.3 is 10.1 Å². The molecule has 1 fully saturated rings. The number of hydrogen-bond donors (Lipinski definition) is 1. The normalized spacial score (nSPS) is 23.3. The van der Waals surface area contributed by atoms with Gasteiger partial charge in [-0.05, 0) is 36.9 Å². The molecule has 1 aliphatic carbocycles. The molecule has 0 amide bonds. The van der Waals surface area contributed by atoms with E-state index < -0.39 is 0 Å². The van der Waals surface area contributed by atoms with Crippen molar-refractivity contribution in [2.24, 2.45) is 11.8 Å². The Morgan fingerprint density at radius 3 is 2.89 bits per heavy atom. The van der Waals surface area contributed by atoms with Gasteiger partial charge in [-0.1, -0.05) is 37.4 Å². The van der Waals surface area contributed by atoms with Crippen molar-refractivity contribution in [3.63, 3.8) is 0 Å². The molecule has 1 aromatic carbocycles. The number of hydrogen-bond acceptors (Lipinski definition) is 2. The average Bonchev–Trinajstić information content (AvgIpc) is 2.77. The smallest absolute Gasteiger partial charge is 0.124 e. The van der Waals surface area contributed by atoms with Crippen LogP contribution in [0.3, 0.4) is 0 Å². The summed E-state index contributed by atoms with van der Waals surface area (Å²) in [6.45, 7) is 4.22. The fourth-order valence-electron chi connectivity index (χ4n) is 2.81. The minimum absolute atomic E-state index is 0.779. The van der Waals surface area contributed by atoms with Crippen LogP contribution in [0.4, 0.5) is 0 Å². The first-order valence-electron chi connectivity index (χ1n) is 6.74. The first kappa shape index (κ1) is 13.7. The lowest BCUT2D eigenvalue weighted by molar-refractivity contribution is 0.384. The standard InChI is InChI=1S/C15H22ClNO/c1-11-5-3-6-12(11)9-17-10-13-14(16)7-4-8-15(13)18-2/h4,7-8,11-12,17H,3,5-6,9-10H2,1-2H3. The van der Waals surface area contributed by atoms with Gasteiger partial charge in [-0.15, -0.1) is 0 Å². The summed E-state index contributed by atoms with van der Waals surface area (Å²) in [5.74, 6) is 2.54. The van der Waals surface area contributed by atoms with E-state index in [1.807, 2.05) is 18.2 Å². The quantitative estimate of drug-likeness (QED) is 0.874. The third-order valence-electron chi connectivity index (χ3n) is 4.04. The van der Waals surface area contributed by atoms with Gasteiger partial charge in [-0.3, -0.25) is 0 Å². The first-order valence-corrected chi connectivity index (χ1v) is 7.12. The molecule has 2 atom stereocenters. The molecule has 0 spiro atoms. The van der Waals surface area contributed by atoms with Crippen LogP contribution in [0.2, 0.25) is 5.02 Å². The van der Waals surface area contributed by atoms with Crippen LogP contribution < -0.4 is 10.1 Å². The molecule has 0 aromatic heterocycles. The third kappa shape index (κ3) is 3.18. The highest BCUT2D eigenvalue weighted by molar-refractivity contribution is 6.31. The fraction of sp³-hybridized carbons (Fsp3) is 0.600. The zero-order chi connectivity index (χ0) is 13.0. The lowest BCUT2D eigenvalue weighted by Crippen LogP contribution is -2.24. The van der Waals surface area contributed by atoms with E-state index in [1.54, 1.807) is 7.11 Å². The molecular formula is C15H22ClNO. The lowest BCUT2D eigenvalue weighted by Gasteiger charge is -2.17. The second-order valence-corrected chi connectivity index (χ2v) is 5.63. The van der Waals surface area contributed by atoms with Crippen molar-refractivity contribution < 1.29 is 4.74 Å². The largest absolute Gasteiger partial charge is 0.496 e. The molecule has 18 heavy (non-hydrogen) atoms. The molecule has 1 aliphatic rings. The van der Waals surface area contributed by atoms with E-state index in [0.717, 1.165) is 41.3 Å². The van der Waals surface area contributed by atoms with Crippen LogP contribution in [0, 0.1) is 11.8 Å².